The van der Waals surface area contributed by atoms with E-state index >= 15 is 0 Å². The van der Waals surface area contributed by atoms with Gasteiger partial charge in [-0.3, -0.25) is 9.59 Å². The fourth-order valence-corrected chi connectivity index (χ4v) is 7.15. The lowest BCUT2D eigenvalue weighted by atomic mass is 9.63. The van der Waals surface area contributed by atoms with Gasteiger partial charge in [-0.2, -0.15) is 0 Å². The average molecular weight is 613 g/mol. The summed E-state index contributed by atoms with van der Waals surface area (Å²) < 4.78 is 17.4. The zero-order chi connectivity index (χ0) is 30.4. The molecule has 0 spiro atoms. The van der Waals surface area contributed by atoms with Crippen LogP contribution in [-0.2, 0) is 20.9 Å². The van der Waals surface area contributed by atoms with Crippen LogP contribution in [-0.4, -0.2) is 43.8 Å². The number of Topliss-reactive ketones (excluding diaryl/α,β-unsaturated/α-hetero) is 2. The summed E-state index contributed by atoms with van der Waals surface area (Å²) in [5.74, 6) is 0.437. The van der Waals surface area contributed by atoms with Crippen LogP contribution in [0.25, 0.3) is 0 Å². The third kappa shape index (κ3) is 5.99. The molecule has 1 aliphatic heterocycles. The van der Waals surface area contributed by atoms with Crippen molar-refractivity contribution >= 4 is 34.8 Å². The number of hydrogen-bond acceptors (Lipinski definition) is 6. The fraction of sp³-hybridized carbons (Fsp3) is 0.471. The van der Waals surface area contributed by atoms with Crippen molar-refractivity contribution in [1.29, 1.82) is 0 Å². The summed E-state index contributed by atoms with van der Waals surface area (Å²) in [4.78, 5) is 30.2. The van der Waals surface area contributed by atoms with Gasteiger partial charge in [-0.1, -0.05) is 63.0 Å². The van der Waals surface area contributed by atoms with Gasteiger partial charge >= 0.3 is 0 Å². The van der Waals surface area contributed by atoms with E-state index in [1.165, 1.54) is 0 Å². The number of benzene rings is 2. The van der Waals surface area contributed by atoms with Crippen molar-refractivity contribution in [3.05, 3.63) is 80.1 Å². The van der Waals surface area contributed by atoms with Gasteiger partial charge in [-0.25, -0.2) is 0 Å². The number of allylic oxidation sites excluding steroid dienone is 4. The molecule has 0 amide bonds. The molecule has 8 heteroatoms. The highest BCUT2D eigenvalue weighted by Crippen LogP contribution is 2.55. The smallest absolute Gasteiger partial charge is 0.180 e. The summed E-state index contributed by atoms with van der Waals surface area (Å²) >= 11 is 13.0. The zero-order valence-electron chi connectivity index (χ0n) is 25.2. The quantitative estimate of drug-likeness (QED) is 0.302. The summed E-state index contributed by atoms with van der Waals surface area (Å²) in [5.41, 5.74) is 4.57. The van der Waals surface area contributed by atoms with E-state index in [2.05, 4.69) is 32.6 Å². The van der Waals surface area contributed by atoms with E-state index in [4.69, 9.17) is 37.4 Å². The first kappa shape index (κ1) is 30.7. The molecule has 224 valence electrons. The lowest BCUT2D eigenvalue weighted by Crippen LogP contribution is -2.45. The molecule has 0 aromatic heterocycles. The molecule has 0 N–H and O–H groups in total. The van der Waals surface area contributed by atoms with Crippen molar-refractivity contribution in [2.75, 3.05) is 27.4 Å². The van der Waals surface area contributed by atoms with Crippen molar-refractivity contribution in [3.8, 4) is 11.5 Å². The molecule has 3 aliphatic rings. The van der Waals surface area contributed by atoms with Crippen molar-refractivity contribution in [2.45, 2.75) is 65.9 Å². The molecule has 2 aliphatic carbocycles. The van der Waals surface area contributed by atoms with E-state index in [0.717, 1.165) is 35.4 Å². The second-order valence-electron chi connectivity index (χ2n) is 13.1. The average Bonchev–Trinajstić information content (AvgIpc) is 2.89. The van der Waals surface area contributed by atoms with Gasteiger partial charge in [0.15, 0.2) is 23.1 Å². The topological polar surface area (TPSA) is 65.1 Å². The van der Waals surface area contributed by atoms with Crippen molar-refractivity contribution in [3.63, 3.8) is 0 Å². The molecule has 5 rings (SSSR count). The van der Waals surface area contributed by atoms with E-state index in [-0.39, 0.29) is 29.0 Å². The summed E-state index contributed by atoms with van der Waals surface area (Å²) in [7, 11) is 3.24. The number of halogens is 2. The van der Waals surface area contributed by atoms with E-state index in [1.807, 2.05) is 30.3 Å². The van der Waals surface area contributed by atoms with Crippen LogP contribution in [0, 0.1) is 10.8 Å². The van der Waals surface area contributed by atoms with Crippen LogP contribution >= 0.6 is 23.2 Å². The van der Waals surface area contributed by atoms with Gasteiger partial charge in [0.05, 0.1) is 18.7 Å². The highest BCUT2D eigenvalue weighted by Gasteiger charge is 2.49. The molecule has 0 saturated carbocycles. The van der Waals surface area contributed by atoms with Crippen LogP contribution in [0.5, 0.6) is 11.5 Å². The summed E-state index contributed by atoms with van der Waals surface area (Å²) in [6.45, 7) is 9.83. The monoisotopic (exact) mass is 611 g/mol. The van der Waals surface area contributed by atoms with Gasteiger partial charge in [0.2, 0.25) is 0 Å². The van der Waals surface area contributed by atoms with Crippen molar-refractivity contribution in [2.24, 2.45) is 10.8 Å². The number of ketones is 2. The van der Waals surface area contributed by atoms with Crippen LogP contribution in [0.3, 0.4) is 0 Å². The van der Waals surface area contributed by atoms with E-state index < -0.39 is 5.92 Å². The Morgan fingerprint density at radius 1 is 0.881 bits per heavy atom. The molecular formula is C34H39Cl2NO5. The Morgan fingerprint density at radius 3 is 2.05 bits per heavy atom. The second kappa shape index (κ2) is 11.7. The molecule has 42 heavy (non-hydrogen) atoms. The first-order chi connectivity index (χ1) is 19.8. The molecule has 0 radical (unpaired) electrons. The van der Waals surface area contributed by atoms with Gasteiger partial charge in [0.1, 0.15) is 6.61 Å². The predicted octanol–water partition coefficient (Wildman–Crippen LogP) is 7.91. The van der Waals surface area contributed by atoms with Crippen LogP contribution < -0.4 is 9.47 Å². The second-order valence-corrected chi connectivity index (χ2v) is 14.0. The molecule has 0 saturated heterocycles. The zero-order valence-corrected chi connectivity index (χ0v) is 26.7. The van der Waals surface area contributed by atoms with Gasteiger partial charge < -0.3 is 19.1 Å². The Balaban J connectivity index is 1.65. The van der Waals surface area contributed by atoms with Gasteiger partial charge in [0, 0.05) is 60.0 Å². The Kier molecular flexibility index (Phi) is 8.54. The Morgan fingerprint density at radius 2 is 1.50 bits per heavy atom. The maximum Gasteiger partial charge on any atom is 0.180 e. The molecule has 0 unspecified atom stereocenters. The standard InChI is InChI=1S/C34H39Cl2NO5/c1-33(2)15-24-30(26(38)17-33)29(31-25(37(24)10-11-40-5)16-34(3,4)18-27(31)39)21-13-23(36)32(28(14-21)41-6)42-19-20-8-7-9-22(35)12-20/h7-9,12-14,29H,10-11,15-19H2,1-6H3. The van der Waals surface area contributed by atoms with Crippen LogP contribution in [0.1, 0.15) is 70.4 Å². The summed E-state index contributed by atoms with van der Waals surface area (Å²) in [5, 5.41) is 0.972. The summed E-state index contributed by atoms with van der Waals surface area (Å²) in [6, 6.07) is 11.1. The third-order valence-electron chi connectivity index (χ3n) is 8.40. The number of nitrogens with zero attached hydrogens (tertiary/aromatic N) is 1. The largest absolute Gasteiger partial charge is 0.493 e. The third-order valence-corrected chi connectivity index (χ3v) is 8.91. The summed E-state index contributed by atoms with van der Waals surface area (Å²) in [6.07, 6.45) is 2.28. The van der Waals surface area contributed by atoms with Gasteiger partial charge in [-0.05, 0) is 59.1 Å². The van der Waals surface area contributed by atoms with E-state index in [1.54, 1.807) is 20.3 Å². The fourth-order valence-electron chi connectivity index (χ4n) is 6.66. The molecule has 1 heterocycles. The minimum atomic E-state index is -0.533. The maximum absolute atomic E-state index is 14.0. The Hall–Kier alpha value is -2.80. The lowest BCUT2D eigenvalue weighted by Gasteiger charge is -2.49. The Labute approximate surface area is 258 Å². The minimum Gasteiger partial charge on any atom is -0.493 e. The SMILES string of the molecule is COCCN1C2=C(C(=O)CC(C)(C)C2)C(c2cc(Cl)c(OCc3cccc(Cl)c3)c(OC)c2)C2=C1CC(C)(C)CC2=O. The van der Waals surface area contributed by atoms with Crippen LogP contribution in [0.2, 0.25) is 10.0 Å². The first-order valence-electron chi connectivity index (χ1n) is 14.4. The van der Waals surface area contributed by atoms with E-state index in [0.29, 0.717) is 58.7 Å². The van der Waals surface area contributed by atoms with Crippen LogP contribution in [0.15, 0.2) is 58.9 Å². The minimum absolute atomic E-state index is 0.0641. The number of rotatable bonds is 8. The Bertz CT molecular complexity index is 1430. The molecule has 0 fully saturated rings. The lowest BCUT2D eigenvalue weighted by molar-refractivity contribution is -0.119. The normalized spacial score (nSPS) is 20.0. The maximum atomic E-state index is 14.0. The number of hydrogen-bond donors (Lipinski definition) is 0. The predicted molar refractivity (Wildman–Crippen MR) is 165 cm³/mol. The van der Waals surface area contributed by atoms with E-state index in [9.17, 15) is 9.59 Å². The van der Waals surface area contributed by atoms with Crippen molar-refractivity contribution in [1.82, 2.24) is 4.90 Å². The number of carbonyl (C=O) groups is 2. The molecule has 0 bridgehead atoms. The first-order valence-corrected chi connectivity index (χ1v) is 15.1. The van der Waals surface area contributed by atoms with Crippen LogP contribution in [0.4, 0.5) is 0 Å². The molecule has 0 atom stereocenters. The highest BCUT2D eigenvalue weighted by atomic mass is 35.5. The van der Waals surface area contributed by atoms with Crippen molar-refractivity contribution < 1.29 is 23.8 Å². The number of methoxy groups -OCH3 is 2. The highest BCUT2D eigenvalue weighted by molar-refractivity contribution is 6.32. The molecular weight excluding hydrogens is 573 g/mol. The molecule has 2 aromatic carbocycles. The molecule has 6 nitrogen and oxygen atoms in total. The molecule has 2 aromatic rings. The number of ether oxygens (including phenoxy) is 3. The van der Waals surface area contributed by atoms with Gasteiger partial charge in [-0.15, -0.1) is 0 Å². The van der Waals surface area contributed by atoms with Gasteiger partial charge in [0.25, 0.3) is 0 Å². The number of carbonyl (C=O) groups excluding carboxylic acids is 2.